The Morgan fingerprint density at radius 2 is 0.815 bits per heavy atom. The van der Waals surface area contributed by atoms with E-state index in [1.165, 1.54) is 22.3 Å². The number of anilines is 3. The summed E-state index contributed by atoms with van der Waals surface area (Å²) in [6, 6.07) is 56.4. The molecule has 2 aliphatic rings. The van der Waals surface area contributed by atoms with Crippen LogP contribution in [0.3, 0.4) is 0 Å². The minimum atomic E-state index is -0.0581. The molecule has 54 heavy (non-hydrogen) atoms. The second-order valence-electron chi connectivity index (χ2n) is 16.6. The van der Waals surface area contributed by atoms with Gasteiger partial charge in [0.15, 0.2) is 0 Å². The first-order valence-electron chi connectivity index (χ1n) is 19.0. The third-order valence-corrected chi connectivity index (χ3v) is 10.8. The molecule has 3 nitrogen and oxygen atoms in total. The van der Waals surface area contributed by atoms with E-state index >= 15 is 0 Å². The van der Waals surface area contributed by atoms with E-state index < -0.39 is 0 Å². The smallest absolute Gasteiger partial charge is 0.260 e. The largest absolute Gasteiger partial charge is 0.458 e. The van der Waals surface area contributed by atoms with Gasteiger partial charge in [0.1, 0.15) is 23.0 Å². The average molecular weight is 702 g/mol. The molecule has 2 heterocycles. The fraction of sp³-hybridized carbons (Fsp3) is 0.160. The van der Waals surface area contributed by atoms with Crippen molar-refractivity contribution in [3.8, 4) is 45.3 Å². The number of nitrogens with zero attached hydrogens (tertiary/aromatic N) is 1. The van der Waals surface area contributed by atoms with E-state index in [4.69, 9.17) is 9.47 Å². The van der Waals surface area contributed by atoms with Crippen molar-refractivity contribution in [2.75, 3.05) is 4.90 Å². The molecule has 0 radical (unpaired) electrons. The van der Waals surface area contributed by atoms with E-state index in [0.717, 1.165) is 67.6 Å². The quantitative estimate of drug-likeness (QED) is 0.167. The zero-order valence-electron chi connectivity index (χ0n) is 31.9. The molecule has 0 aliphatic carbocycles. The Hall–Kier alpha value is -6.00. The summed E-state index contributed by atoms with van der Waals surface area (Å²) in [4.78, 5) is 2.27. The van der Waals surface area contributed by atoms with Crippen LogP contribution in [0, 0.1) is 0 Å². The molecule has 0 saturated heterocycles. The van der Waals surface area contributed by atoms with E-state index in [1.807, 2.05) is 0 Å². The fourth-order valence-electron chi connectivity index (χ4n) is 8.32. The predicted octanol–water partition coefficient (Wildman–Crippen LogP) is 11.8. The number of hydrogen-bond donors (Lipinski definition) is 0. The van der Waals surface area contributed by atoms with Crippen LogP contribution in [0.4, 0.5) is 17.1 Å². The zero-order chi connectivity index (χ0) is 37.2. The van der Waals surface area contributed by atoms with Crippen molar-refractivity contribution in [1.82, 2.24) is 0 Å². The van der Waals surface area contributed by atoms with Crippen molar-refractivity contribution in [3.05, 3.63) is 169 Å². The van der Waals surface area contributed by atoms with Gasteiger partial charge in [0, 0.05) is 29.0 Å². The molecule has 0 saturated carbocycles. The van der Waals surface area contributed by atoms with Gasteiger partial charge in [0.25, 0.3) is 6.71 Å². The van der Waals surface area contributed by atoms with Crippen LogP contribution >= 0.6 is 0 Å². The Morgan fingerprint density at radius 3 is 1.24 bits per heavy atom. The number of ether oxygens (including phenoxy) is 2. The molecule has 0 aromatic heterocycles. The lowest BCUT2D eigenvalue weighted by Crippen LogP contribution is -2.57. The van der Waals surface area contributed by atoms with Gasteiger partial charge < -0.3 is 14.4 Å². The Morgan fingerprint density at radius 1 is 0.407 bits per heavy atom. The maximum Gasteiger partial charge on any atom is 0.260 e. The summed E-state index contributed by atoms with van der Waals surface area (Å²) in [5.41, 5.74) is 13.8. The van der Waals surface area contributed by atoms with Gasteiger partial charge >= 0.3 is 0 Å². The average Bonchev–Trinajstić information content (AvgIpc) is 3.17. The summed E-state index contributed by atoms with van der Waals surface area (Å²) < 4.78 is 14.1. The van der Waals surface area contributed by atoms with Crippen LogP contribution in [-0.4, -0.2) is 6.71 Å². The Balaban J connectivity index is 1.26. The third-order valence-electron chi connectivity index (χ3n) is 10.8. The molecule has 4 heteroatoms. The van der Waals surface area contributed by atoms with E-state index in [2.05, 4.69) is 204 Å². The van der Waals surface area contributed by atoms with Crippen molar-refractivity contribution < 1.29 is 9.47 Å². The van der Waals surface area contributed by atoms with Crippen molar-refractivity contribution in [1.29, 1.82) is 0 Å². The van der Waals surface area contributed by atoms with Gasteiger partial charge in [-0.3, -0.25) is 0 Å². The van der Waals surface area contributed by atoms with Crippen LogP contribution in [0.25, 0.3) is 22.3 Å². The SMILES string of the molecule is CC(C)(C)c1ccccc1-c1ccc2c(c1)Oc1cc(N(c3ccccc3)c3ccccc3)cc3c1B2c1ccc(-c2ccccc2C(C)(C)C)cc1O3. The number of fused-ring (bicyclic) bond motifs is 4. The van der Waals surface area contributed by atoms with Crippen LogP contribution in [0.1, 0.15) is 52.7 Å². The lowest BCUT2D eigenvalue weighted by atomic mass is 9.34. The van der Waals surface area contributed by atoms with Crippen molar-refractivity contribution >= 4 is 40.2 Å². The number of rotatable bonds is 5. The lowest BCUT2D eigenvalue weighted by molar-refractivity contribution is 0.465. The van der Waals surface area contributed by atoms with E-state index in [-0.39, 0.29) is 17.5 Å². The van der Waals surface area contributed by atoms with Gasteiger partial charge in [-0.25, -0.2) is 0 Å². The first-order chi connectivity index (χ1) is 26.0. The molecule has 9 rings (SSSR count). The summed E-state index contributed by atoms with van der Waals surface area (Å²) in [7, 11) is 0. The minimum absolute atomic E-state index is 0.00887. The maximum atomic E-state index is 7.03. The first-order valence-corrected chi connectivity index (χ1v) is 19.0. The molecule has 0 N–H and O–H groups in total. The monoisotopic (exact) mass is 701 g/mol. The summed E-state index contributed by atoms with van der Waals surface area (Å²) >= 11 is 0. The highest BCUT2D eigenvalue weighted by Crippen LogP contribution is 2.44. The first kappa shape index (κ1) is 33.8. The second-order valence-corrected chi connectivity index (χ2v) is 16.6. The molecular formula is C50H44BNO2. The van der Waals surface area contributed by atoms with Gasteiger partial charge in [0.05, 0.1) is 5.69 Å². The number of para-hydroxylation sites is 2. The molecule has 0 fully saturated rings. The Bertz CT molecular complexity index is 2360. The Kier molecular flexibility index (Phi) is 8.04. The van der Waals surface area contributed by atoms with Crippen LogP contribution < -0.4 is 30.8 Å². The minimum Gasteiger partial charge on any atom is -0.458 e. The van der Waals surface area contributed by atoms with Gasteiger partial charge in [0.2, 0.25) is 0 Å². The maximum absolute atomic E-state index is 7.03. The summed E-state index contributed by atoms with van der Waals surface area (Å²) in [6.07, 6.45) is 0. The van der Waals surface area contributed by atoms with Crippen molar-refractivity contribution in [3.63, 3.8) is 0 Å². The third kappa shape index (κ3) is 5.87. The van der Waals surface area contributed by atoms with E-state index in [9.17, 15) is 0 Å². The second kappa shape index (κ2) is 12.8. The molecule has 0 spiro atoms. The molecule has 0 atom stereocenters. The van der Waals surface area contributed by atoms with E-state index in [1.54, 1.807) is 0 Å². The van der Waals surface area contributed by atoms with E-state index in [0.29, 0.717) is 0 Å². The highest BCUT2D eigenvalue weighted by atomic mass is 16.5. The molecule has 0 bridgehead atoms. The summed E-state index contributed by atoms with van der Waals surface area (Å²) in [5, 5.41) is 0. The normalized spacial score (nSPS) is 12.9. The van der Waals surface area contributed by atoms with Crippen LogP contribution in [0.5, 0.6) is 23.0 Å². The summed E-state index contributed by atoms with van der Waals surface area (Å²) in [5.74, 6) is 3.37. The fourth-order valence-corrected chi connectivity index (χ4v) is 8.32. The van der Waals surface area contributed by atoms with Gasteiger partial charge in [-0.2, -0.15) is 0 Å². The standard InChI is InChI=1S/C50H44BNO2/c1-49(2,3)40-23-15-13-21-38(40)33-25-27-42-44(29-33)53-46-31-37(52(35-17-9-7-10-18-35)36-19-11-8-12-20-36)32-47-48(46)51(42)43-28-26-34(30-45(43)54-47)39-22-14-16-24-41(39)50(4,5)6/h7-32H,1-6H3. The zero-order valence-corrected chi connectivity index (χ0v) is 31.9. The van der Waals surface area contributed by atoms with Gasteiger partial charge in [-0.1, -0.05) is 151 Å². The number of benzene rings is 7. The predicted molar refractivity (Wildman–Crippen MR) is 227 cm³/mol. The van der Waals surface area contributed by atoms with Crippen LogP contribution in [0.2, 0.25) is 0 Å². The Labute approximate surface area is 319 Å². The molecule has 7 aromatic rings. The van der Waals surface area contributed by atoms with Crippen LogP contribution in [0.15, 0.2) is 158 Å². The summed E-state index contributed by atoms with van der Waals surface area (Å²) in [6.45, 7) is 13.6. The molecular weight excluding hydrogens is 657 g/mol. The molecule has 0 amide bonds. The van der Waals surface area contributed by atoms with Gasteiger partial charge in [-0.05, 0) is 91.5 Å². The highest BCUT2D eigenvalue weighted by Gasteiger charge is 2.41. The molecule has 2 aliphatic heterocycles. The highest BCUT2D eigenvalue weighted by molar-refractivity contribution is 6.98. The van der Waals surface area contributed by atoms with Gasteiger partial charge in [-0.15, -0.1) is 0 Å². The number of hydrogen-bond acceptors (Lipinski definition) is 3. The van der Waals surface area contributed by atoms with Crippen molar-refractivity contribution in [2.24, 2.45) is 0 Å². The lowest BCUT2D eigenvalue weighted by Gasteiger charge is -2.35. The van der Waals surface area contributed by atoms with Crippen LogP contribution in [-0.2, 0) is 10.8 Å². The topological polar surface area (TPSA) is 21.7 Å². The molecule has 264 valence electrons. The van der Waals surface area contributed by atoms with Crippen molar-refractivity contribution in [2.45, 2.75) is 52.4 Å². The molecule has 7 aromatic carbocycles. The molecule has 0 unspecified atom stereocenters.